The fourth-order valence-corrected chi connectivity index (χ4v) is 2.61. The van der Waals surface area contributed by atoms with Crippen LogP contribution in [0.25, 0.3) is 11.0 Å². The first-order valence-electron chi connectivity index (χ1n) is 7.56. The highest BCUT2D eigenvalue weighted by Crippen LogP contribution is 2.28. The van der Waals surface area contributed by atoms with E-state index in [0.29, 0.717) is 0 Å². The Morgan fingerprint density at radius 2 is 2.14 bits per heavy atom. The van der Waals surface area contributed by atoms with Gasteiger partial charge in [-0.3, -0.25) is 4.68 Å². The zero-order valence-electron chi connectivity index (χ0n) is 12.5. The first-order chi connectivity index (χ1) is 10.3. The maximum absolute atomic E-state index is 6.01. The molecule has 0 saturated carbocycles. The first kappa shape index (κ1) is 13.9. The van der Waals surface area contributed by atoms with Crippen LogP contribution in [0.1, 0.15) is 37.6 Å². The molecule has 21 heavy (non-hydrogen) atoms. The predicted molar refractivity (Wildman–Crippen MR) is 84.3 cm³/mol. The number of para-hydroxylation sites is 1. The summed E-state index contributed by atoms with van der Waals surface area (Å²) in [5, 5.41) is 9.04. The van der Waals surface area contributed by atoms with Crippen molar-refractivity contribution in [2.24, 2.45) is 0 Å². The van der Waals surface area contributed by atoms with Crippen molar-refractivity contribution in [1.82, 2.24) is 15.1 Å². The maximum atomic E-state index is 6.01. The van der Waals surface area contributed by atoms with Gasteiger partial charge in [-0.2, -0.15) is 5.10 Å². The molecule has 0 saturated heterocycles. The summed E-state index contributed by atoms with van der Waals surface area (Å²) < 4.78 is 8.00. The number of hydrogen-bond acceptors (Lipinski definition) is 3. The van der Waals surface area contributed by atoms with E-state index in [-0.39, 0.29) is 6.04 Å². The van der Waals surface area contributed by atoms with Gasteiger partial charge in [-0.05, 0) is 25.1 Å². The van der Waals surface area contributed by atoms with E-state index < -0.39 is 0 Å². The molecule has 1 unspecified atom stereocenters. The lowest BCUT2D eigenvalue weighted by Crippen LogP contribution is -2.21. The smallest absolute Gasteiger partial charge is 0.134 e. The molecule has 2 heterocycles. The Labute approximate surface area is 124 Å². The van der Waals surface area contributed by atoms with Crippen molar-refractivity contribution in [1.29, 1.82) is 0 Å². The molecule has 110 valence electrons. The number of aryl methyl sites for hydroxylation is 1. The predicted octanol–water partition coefficient (Wildman–Crippen LogP) is 3.74. The van der Waals surface area contributed by atoms with Crippen molar-refractivity contribution < 1.29 is 4.42 Å². The molecule has 4 nitrogen and oxygen atoms in total. The molecule has 0 fully saturated rings. The Bertz CT molecular complexity index is 680. The van der Waals surface area contributed by atoms with Gasteiger partial charge in [0.15, 0.2) is 0 Å². The van der Waals surface area contributed by atoms with Crippen molar-refractivity contribution in [2.75, 3.05) is 6.54 Å². The number of aromatic nitrogens is 2. The van der Waals surface area contributed by atoms with Crippen LogP contribution in [0, 0.1) is 0 Å². The average molecular weight is 283 g/mol. The van der Waals surface area contributed by atoms with Gasteiger partial charge in [0.2, 0.25) is 0 Å². The molecule has 0 bridgehead atoms. The van der Waals surface area contributed by atoms with E-state index in [9.17, 15) is 0 Å². The molecular formula is C17H21N3O. The van der Waals surface area contributed by atoms with E-state index in [0.717, 1.165) is 41.8 Å². The summed E-state index contributed by atoms with van der Waals surface area (Å²) in [5.74, 6) is 0.939. The number of nitrogens with zero attached hydrogens (tertiary/aromatic N) is 2. The quantitative estimate of drug-likeness (QED) is 0.749. The Morgan fingerprint density at radius 1 is 1.29 bits per heavy atom. The third-order valence-corrected chi connectivity index (χ3v) is 3.58. The van der Waals surface area contributed by atoms with Crippen LogP contribution >= 0.6 is 0 Å². The fourth-order valence-electron chi connectivity index (χ4n) is 2.61. The molecular weight excluding hydrogens is 262 g/mol. The highest BCUT2D eigenvalue weighted by Gasteiger charge is 2.19. The van der Waals surface area contributed by atoms with Gasteiger partial charge in [0.1, 0.15) is 11.3 Å². The monoisotopic (exact) mass is 283 g/mol. The minimum Gasteiger partial charge on any atom is -0.459 e. The number of fused-ring (bicyclic) bond motifs is 1. The summed E-state index contributed by atoms with van der Waals surface area (Å²) in [7, 11) is 0. The molecule has 0 amide bonds. The number of hydrogen-bond donors (Lipinski definition) is 1. The Balaban J connectivity index is 1.95. The maximum Gasteiger partial charge on any atom is 0.134 e. The van der Waals surface area contributed by atoms with Crippen molar-refractivity contribution >= 4 is 11.0 Å². The van der Waals surface area contributed by atoms with Gasteiger partial charge in [0.05, 0.1) is 12.2 Å². The molecule has 3 rings (SSSR count). The minimum atomic E-state index is 0.0491. The fraction of sp³-hybridized carbons (Fsp3) is 0.353. The van der Waals surface area contributed by atoms with E-state index in [1.807, 2.05) is 29.1 Å². The molecule has 1 atom stereocenters. The van der Waals surface area contributed by atoms with Crippen LogP contribution in [-0.2, 0) is 6.54 Å². The molecule has 2 aromatic heterocycles. The van der Waals surface area contributed by atoms with Gasteiger partial charge >= 0.3 is 0 Å². The van der Waals surface area contributed by atoms with E-state index >= 15 is 0 Å². The van der Waals surface area contributed by atoms with Crippen LogP contribution in [-0.4, -0.2) is 16.3 Å². The second-order valence-electron chi connectivity index (χ2n) is 5.21. The summed E-state index contributed by atoms with van der Waals surface area (Å²) >= 11 is 0. The van der Waals surface area contributed by atoms with Gasteiger partial charge in [0.25, 0.3) is 0 Å². The van der Waals surface area contributed by atoms with Crippen molar-refractivity contribution in [3.8, 4) is 0 Å². The third kappa shape index (κ3) is 2.85. The Hall–Kier alpha value is -2.07. The van der Waals surface area contributed by atoms with Crippen LogP contribution in [0.4, 0.5) is 0 Å². The van der Waals surface area contributed by atoms with E-state index in [1.54, 1.807) is 0 Å². The average Bonchev–Trinajstić information content (AvgIpc) is 3.11. The summed E-state index contributed by atoms with van der Waals surface area (Å²) in [6.45, 7) is 6.08. The summed E-state index contributed by atoms with van der Waals surface area (Å²) in [6, 6.07) is 10.3. The molecule has 0 spiro atoms. The normalized spacial score (nSPS) is 12.9. The number of benzene rings is 1. The first-order valence-corrected chi connectivity index (χ1v) is 7.56. The largest absolute Gasteiger partial charge is 0.459 e. The van der Waals surface area contributed by atoms with Crippen LogP contribution in [0.3, 0.4) is 0 Å². The zero-order chi connectivity index (χ0) is 14.7. The summed E-state index contributed by atoms with van der Waals surface area (Å²) in [5.41, 5.74) is 2.07. The molecule has 0 aliphatic carbocycles. The van der Waals surface area contributed by atoms with E-state index in [4.69, 9.17) is 4.42 Å². The molecule has 1 aromatic carbocycles. The second kappa shape index (κ2) is 6.14. The molecule has 0 aliphatic heterocycles. The Kier molecular flexibility index (Phi) is 4.06. The van der Waals surface area contributed by atoms with Gasteiger partial charge in [-0.1, -0.05) is 32.0 Å². The topological polar surface area (TPSA) is 43.0 Å². The highest BCUT2D eigenvalue weighted by atomic mass is 16.3. The van der Waals surface area contributed by atoms with Crippen LogP contribution in [0.2, 0.25) is 0 Å². The number of nitrogens with one attached hydrogen (secondary N) is 1. The van der Waals surface area contributed by atoms with Crippen LogP contribution in [0.15, 0.2) is 47.1 Å². The lowest BCUT2D eigenvalue weighted by atomic mass is 10.1. The van der Waals surface area contributed by atoms with E-state index in [2.05, 4.69) is 42.6 Å². The lowest BCUT2D eigenvalue weighted by molar-refractivity contribution is 0.476. The van der Waals surface area contributed by atoms with Crippen LogP contribution < -0.4 is 5.32 Å². The summed E-state index contributed by atoms with van der Waals surface area (Å²) in [6.07, 6.45) is 5.11. The van der Waals surface area contributed by atoms with Gasteiger partial charge in [0, 0.05) is 23.7 Å². The Morgan fingerprint density at radius 3 is 2.90 bits per heavy atom. The second-order valence-corrected chi connectivity index (χ2v) is 5.21. The minimum absolute atomic E-state index is 0.0491. The van der Waals surface area contributed by atoms with E-state index in [1.165, 1.54) is 0 Å². The van der Waals surface area contributed by atoms with Gasteiger partial charge in [-0.25, -0.2) is 0 Å². The SMILES string of the molecule is CCCn1cc(C(NCC)c2cc3ccccc3o2)cn1. The molecule has 4 heteroatoms. The van der Waals surface area contributed by atoms with Crippen molar-refractivity contribution in [2.45, 2.75) is 32.9 Å². The van der Waals surface area contributed by atoms with Gasteiger partial charge in [-0.15, -0.1) is 0 Å². The summed E-state index contributed by atoms with van der Waals surface area (Å²) in [4.78, 5) is 0. The number of rotatable bonds is 6. The lowest BCUT2D eigenvalue weighted by Gasteiger charge is -2.13. The van der Waals surface area contributed by atoms with Gasteiger partial charge < -0.3 is 9.73 Å². The standard InChI is InChI=1S/C17H21N3O/c1-3-9-20-12-14(11-19-20)17(18-4-2)16-10-13-7-5-6-8-15(13)21-16/h5-8,10-12,17-18H,3-4,9H2,1-2H3. The molecule has 1 N–H and O–H groups in total. The zero-order valence-corrected chi connectivity index (χ0v) is 12.5. The number of furan rings is 1. The third-order valence-electron chi connectivity index (χ3n) is 3.58. The molecule has 3 aromatic rings. The highest BCUT2D eigenvalue weighted by molar-refractivity contribution is 5.77. The van der Waals surface area contributed by atoms with Crippen molar-refractivity contribution in [3.05, 3.63) is 54.0 Å². The molecule has 0 radical (unpaired) electrons. The van der Waals surface area contributed by atoms with Crippen molar-refractivity contribution in [3.63, 3.8) is 0 Å². The molecule has 0 aliphatic rings. The van der Waals surface area contributed by atoms with Crippen LogP contribution in [0.5, 0.6) is 0 Å².